The summed E-state index contributed by atoms with van der Waals surface area (Å²) in [5, 5.41) is -0.355. The number of hydrogen-bond donors (Lipinski definition) is 0. The van der Waals surface area contributed by atoms with Gasteiger partial charge in [-0.25, -0.2) is 0 Å². The Bertz CT molecular complexity index is 403. The van der Waals surface area contributed by atoms with Crippen molar-refractivity contribution in [2.45, 2.75) is 51.9 Å². The first kappa shape index (κ1) is 15.7. The lowest BCUT2D eigenvalue weighted by Gasteiger charge is -2.18. The van der Waals surface area contributed by atoms with Crippen molar-refractivity contribution in [3.63, 3.8) is 0 Å². The Hall–Kier alpha value is -0.340. The van der Waals surface area contributed by atoms with Crippen LogP contribution in [0.4, 0.5) is 0 Å². The molecule has 1 unspecified atom stereocenters. The maximum Gasteiger partial charge on any atom is 0.252 e. The van der Waals surface area contributed by atoms with Crippen LogP contribution < -0.4 is 0 Å². The molecule has 0 amide bonds. The van der Waals surface area contributed by atoms with E-state index in [1.54, 1.807) is 0 Å². The number of carbonyl (C=O) groups is 1. The molecule has 0 saturated heterocycles. The maximum absolute atomic E-state index is 11.5. The Balaban J connectivity index is 2.95. The van der Waals surface area contributed by atoms with Crippen LogP contribution in [0.25, 0.3) is 0 Å². The van der Waals surface area contributed by atoms with Gasteiger partial charge in [0, 0.05) is 10.0 Å². The molecule has 0 N–H and O–H groups in total. The summed E-state index contributed by atoms with van der Waals surface area (Å²) in [6, 6.07) is 5.73. The summed E-state index contributed by atoms with van der Waals surface area (Å²) in [5.41, 5.74) is 1.74. The van der Waals surface area contributed by atoms with Gasteiger partial charge in [0.2, 0.25) is 0 Å². The number of carbonyl (C=O) groups excluding carboxylic acids is 1. The number of halogens is 2. The van der Waals surface area contributed by atoms with Crippen LogP contribution in [0.3, 0.4) is 0 Å². The molecule has 0 fully saturated rings. The zero-order chi connectivity index (χ0) is 13.5. The molecule has 1 aromatic rings. The lowest BCUT2D eigenvalue weighted by molar-refractivity contribution is 0.108. The van der Waals surface area contributed by atoms with Gasteiger partial charge in [-0.1, -0.05) is 49.0 Å². The van der Waals surface area contributed by atoms with Crippen LogP contribution in [-0.4, -0.2) is 5.24 Å². The molecule has 0 bridgehead atoms. The third-order valence-corrected chi connectivity index (χ3v) is 4.01. The van der Waals surface area contributed by atoms with E-state index in [2.05, 4.69) is 29.8 Å². The van der Waals surface area contributed by atoms with E-state index in [1.807, 2.05) is 18.2 Å². The van der Waals surface area contributed by atoms with Crippen LogP contribution in [0.15, 0.2) is 22.7 Å². The average molecular weight is 332 g/mol. The summed E-state index contributed by atoms with van der Waals surface area (Å²) in [5.74, 6) is 0.423. The maximum atomic E-state index is 11.5. The molecule has 0 aromatic heterocycles. The standard InChI is InChI=1S/C15H20BrClO/c1-3-5-6-7-11(4-2)14-10-12(16)8-9-13(14)15(17)18/h8-11H,3-7H2,1-2H3. The van der Waals surface area contributed by atoms with Gasteiger partial charge in [-0.3, -0.25) is 4.79 Å². The van der Waals surface area contributed by atoms with Crippen molar-refractivity contribution < 1.29 is 4.79 Å². The van der Waals surface area contributed by atoms with Crippen molar-refractivity contribution in [1.82, 2.24) is 0 Å². The van der Waals surface area contributed by atoms with E-state index >= 15 is 0 Å². The first-order chi connectivity index (χ1) is 8.60. The smallest absolute Gasteiger partial charge is 0.252 e. The van der Waals surface area contributed by atoms with E-state index in [0.717, 1.165) is 22.9 Å². The Morgan fingerprint density at radius 2 is 2.06 bits per heavy atom. The minimum absolute atomic E-state index is 0.355. The molecule has 0 aliphatic carbocycles. The van der Waals surface area contributed by atoms with Crippen LogP contribution in [0.5, 0.6) is 0 Å². The zero-order valence-corrected chi connectivity index (χ0v) is 13.4. The molecule has 1 rings (SSSR count). The van der Waals surface area contributed by atoms with Gasteiger partial charge in [-0.15, -0.1) is 0 Å². The van der Waals surface area contributed by atoms with Crippen molar-refractivity contribution in [1.29, 1.82) is 0 Å². The number of benzene rings is 1. The number of unbranched alkanes of at least 4 members (excludes halogenated alkanes) is 2. The largest absolute Gasteiger partial charge is 0.276 e. The molecular formula is C15H20BrClO. The summed E-state index contributed by atoms with van der Waals surface area (Å²) in [4.78, 5) is 11.5. The summed E-state index contributed by atoms with van der Waals surface area (Å²) in [6.45, 7) is 4.37. The molecule has 1 atom stereocenters. The van der Waals surface area contributed by atoms with E-state index in [-0.39, 0.29) is 5.24 Å². The van der Waals surface area contributed by atoms with Crippen molar-refractivity contribution in [2.24, 2.45) is 0 Å². The van der Waals surface area contributed by atoms with Crippen LogP contribution in [0.2, 0.25) is 0 Å². The highest BCUT2D eigenvalue weighted by molar-refractivity contribution is 9.10. The Labute approximate surface area is 123 Å². The molecular weight excluding hydrogens is 312 g/mol. The van der Waals surface area contributed by atoms with Gasteiger partial charge in [0.25, 0.3) is 5.24 Å². The molecule has 1 nitrogen and oxygen atoms in total. The number of rotatable bonds is 7. The Kier molecular flexibility index (Phi) is 6.95. The Morgan fingerprint density at radius 3 is 2.61 bits per heavy atom. The second kappa shape index (κ2) is 7.96. The molecule has 18 heavy (non-hydrogen) atoms. The quantitative estimate of drug-likeness (QED) is 0.449. The normalized spacial score (nSPS) is 12.4. The third-order valence-electron chi connectivity index (χ3n) is 3.31. The first-order valence-electron chi connectivity index (χ1n) is 6.59. The first-order valence-corrected chi connectivity index (χ1v) is 7.76. The molecule has 0 aliphatic heterocycles. The van der Waals surface area contributed by atoms with E-state index in [0.29, 0.717) is 11.5 Å². The monoisotopic (exact) mass is 330 g/mol. The molecule has 1 aromatic carbocycles. The van der Waals surface area contributed by atoms with E-state index in [9.17, 15) is 4.79 Å². The second-order valence-electron chi connectivity index (χ2n) is 4.61. The molecule has 3 heteroatoms. The fourth-order valence-electron chi connectivity index (χ4n) is 2.27. The van der Waals surface area contributed by atoms with Crippen molar-refractivity contribution >= 4 is 32.8 Å². The van der Waals surface area contributed by atoms with Crippen molar-refractivity contribution in [3.05, 3.63) is 33.8 Å². The van der Waals surface area contributed by atoms with E-state index in [4.69, 9.17) is 11.6 Å². The topological polar surface area (TPSA) is 17.1 Å². The summed E-state index contributed by atoms with van der Waals surface area (Å²) < 4.78 is 1.01. The van der Waals surface area contributed by atoms with Crippen molar-refractivity contribution in [2.75, 3.05) is 0 Å². The molecule has 0 saturated carbocycles. The van der Waals surface area contributed by atoms with Gasteiger partial charge in [0.05, 0.1) is 0 Å². The number of hydrogen-bond acceptors (Lipinski definition) is 1. The third kappa shape index (κ3) is 4.40. The molecule has 0 heterocycles. The lowest BCUT2D eigenvalue weighted by atomic mass is 9.88. The molecule has 0 radical (unpaired) electrons. The van der Waals surface area contributed by atoms with Gasteiger partial charge in [0.15, 0.2) is 0 Å². The second-order valence-corrected chi connectivity index (χ2v) is 5.87. The minimum atomic E-state index is -0.355. The van der Waals surface area contributed by atoms with E-state index < -0.39 is 0 Å². The fourth-order valence-corrected chi connectivity index (χ4v) is 2.82. The highest BCUT2D eigenvalue weighted by Gasteiger charge is 2.17. The van der Waals surface area contributed by atoms with Crippen LogP contribution in [0, 0.1) is 0 Å². The lowest BCUT2D eigenvalue weighted by Crippen LogP contribution is -2.04. The van der Waals surface area contributed by atoms with E-state index in [1.165, 1.54) is 19.3 Å². The van der Waals surface area contributed by atoms with Gasteiger partial charge in [-0.05, 0) is 54.1 Å². The highest BCUT2D eigenvalue weighted by Crippen LogP contribution is 2.31. The predicted octanol–water partition coefficient (Wildman–Crippen LogP) is 5.90. The Morgan fingerprint density at radius 1 is 1.33 bits per heavy atom. The SMILES string of the molecule is CCCCCC(CC)c1cc(Br)ccc1C(=O)Cl. The molecule has 0 aliphatic rings. The van der Waals surface area contributed by atoms with Crippen molar-refractivity contribution in [3.8, 4) is 0 Å². The van der Waals surface area contributed by atoms with Crippen LogP contribution in [0.1, 0.15) is 67.8 Å². The average Bonchev–Trinajstić information content (AvgIpc) is 2.34. The van der Waals surface area contributed by atoms with Crippen LogP contribution in [-0.2, 0) is 0 Å². The summed E-state index contributed by atoms with van der Waals surface area (Å²) in [6.07, 6.45) is 5.83. The van der Waals surface area contributed by atoms with Gasteiger partial charge in [0.1, 0.15) is 0 Å². The highest BCUT2D eigenvalue weighted by atomic mass is 79.9. The zero-order valence-electron chi connectivity index (χ0n) is 11.0. The van der Waals surface area contributed by atoms with Gasteiger partial charge in [-0.2, -0.15) is 0 Å². The predicted molar refractivity (Wildman–Crippen MR) is 81.5 cm³/mol. The minimum Gasteiger partial charge on any atom is -0.276 e. The van der Waals surface area contributed by atoms with Crippen LogP contribution >= 0.6 is 27.5 Å². The fraction of sp³-hybridized carbons (Fsp3) is 0.533. The van der Waals surface area contributed by atoms with Gasteiger partial charge >= 0.3 is 0 Å². The molecule has 100 valence electrons. The summed E-state index contributed by atoms with van der Waals surface area (Å²) in [7, 11) is 0. The summed E-state index contributed by atoms with van der Waals surface area (Å²) >= 11 is 9.14. The molecule has 0 spiro atoms. The van der Waals surface area contributed by atoms with Gasteiger partial charge < -0.3 is 0 Å².